The summed E-state index contributed by atoms with van der Waals surface area (Å²) < 4.78 is 53.4. The van der Waals surface area contributed by atoms with Crippen LogP contribution in [0, 0.1) is 5.82 Å². The fourth-order valence-corrected chi connectivity index (χ4v) is 6.73. The smallest absolute Gasteiger partial charge is 0.264 e. The third-order valence-corrected chi connectivity index (χ3v) is 9.41. The number of nitrogens with zero attached hydrogens (tertiary/aromatic N) is 2. The molecule has 0 aliphatic heterocycles. The lowest BCUT2D eigenvalue weighted by molar-refractivity contribution is -0.140. The highest BCUT2D eigenvalue weighted by Crippen LogP contribution is 2.34. The lowest BCUT2D eigenvalue weighted by Gasteiger charge is -2.34. The maximum atomic E-state index is 14.2. The Hall–Kier alpha value is -4.12. The fraction of sp³-hybridized carbons (Fsp3) is 0.375. The second kappa shape index (κ2) is 14.4. The van der Waals surface area contributed by atoms with E-state index < -0.39 is 34.3 Å². The van der Waals surface area contributed by atoms with E-state index in [1.807, 2.05) is 0 Å². The van der Waals surface area contributed by atoms with E-state index in [9.17, 15) is 22.4 Å². The Morgan fingerprint density at radius 3 is 2.21 bits per heavy atom. The molecular weight excluding hydrogens is 573 g/mol. The van der Waals surface area contributed by atoms with Crippen molar-refractivity contribution in [3.63, 3.8) is 0 Å². The van der Waals surface area contributed by atoms with E-state index in [0.717, 1.165) is 30.0 Å². The molecule has 0 saturated heterocycles. The van der Waals surface area contributed by atoms with Crippen molar-refractivity contribution in [2.24, 2.45) is 0 Å². The number of nitrogens with one attached hydrogen (secondary N) is 1. The number of carbonyl (C=O) groups excluding carboxylic acids is 2. The van der Waals surface area contributed by atoms with Crippen LogP contribution in [0.3, 0.4) is 0 Å². The Morgan fingerprint density at radius 1 is 0.953 bits per heavy atom. The first-order valence-corrected chi connectivity index (χ1v) is 15.8. The lowest BCUT2D eigenvalue weighted by Crippen LogP contribution is -2.53. The molecule has 0 bridgehead atoms. The number of hydrogen-bond acceptors (Lipinski definition) is 6. The number of sulfonamides is 1. The van der Waals surface area contributed by atoms with Crippen molar-refractivity contribution in [1.29, 1.82) is 0 Å². The van der Waals surface area contributed by atoms with Crippen LogP contribution in [0.2, 0.25) is 0 Å². The molecule has 0 spiro atoms. The summed E-state index contributed by atoms with van der Waals surface area (Å²) in [5.41, 5.74) is 0.783. The quantitative estimate of drug-likeness (QED) is 0.295. The van der Waals surface area contributed by atoms with Crippen LogP contribution in [0.5, 0.6) is 11.5 Å². The molecule has 2 amide bonds. The van der Waals surface area contributed by atoms with Gasteiger partial charge in [0.05, 0.1) is 24.8 Å². The first kappa shape index (κ1) is 31.8. The first-order chi connectivity index (χ1) is 20.7. The van der Waals surface area contributed by atoms with Crippen LogP contribution in [-0.2, 0) is 26.2 Å². The van der Waals surface area contributed by atoms with Gasteiger partial charge in [-0.05, 0) is 61.2 Å². The van der Waals surface area contributed by atoms with E-state index in [0.29, 0.717) is 17.7 Å². The van der Waals surface area contributed by atoms with Gasteiger partial charge in [0.25, 0.3) is 10.0 Å². The number of halogens is 1. The molecule has 3 aromatic carbocycles. The van der Waals surface area contributed by atoms with Gasteiger partial charge in [-0.1, -0.05) is 50.1 Å². The lowest BCUT2D eigenvalue weighted by atomic mass is 10.1. The molecule has 1 aliphatic carbocycles. The summed E-state index contributed by atoms with van der Waals surface area (Å²) in [6.07, 6.45) is 4.09. The van der Waals surface area contributed by atoms with Crippen molar-refractivity contribution in [2.45, 2.75) is 62.6 Å². The average molecular weight is 612 g/mol. The summed E-state index contributed by atoms with van der Waals surface area (Å²) >= 11 is 0. The number of rotatable bonds is 13. The molecule has 1 atom stereocenters. The van der Waals surface area contributed by atoms with Gasteiger partial charge in [0.15, 0.2) is 11.5 Å². The number of amides is 2. The predicted octanol–water partition coefficient (Wildman–Crippen LogP) is 4.90. The third kappa shape index (κ3) is 7.64. The van der Waals surface area contributed by atoms with Crippen LogP contribution in [0.1, 0.15) is 44.6 Å². The van der Waals surface area contributed by atoms with Crippen molar-refractivity contribution in [2.75, 3.05) is 25.1 Å². The minimum Gasteiger partial charge on any atom is -0.493 e. The highest BCUT2D eigenvalue weighted by Gasteiger charge is 2.35. The second-order valence-corrected chi connectivity index (χ2v) is 12.3. The summed E-state index contributed by atoms with van der Waals surface area (Å²) in [7, 11) is -1.34. The molecule has 3 aromatic rings. The highest BCUT2D eigenvalue weighted by atomic mass is 32.2. The van der Waals surface area contributed by atoms with E-state index in [1.54, 1.807) is 43.3 Å². The molecule has 1 aliphatic rings. The topological polar surface area (TPSA) is 105 Å². The molecule has 9 nitrogen and oxygen atoms in total. The molecule has 4 rings (SSSR count). The van der Waals surface area contributed by atoms with E-state index in [-0.39, 0.29) is 34.8 Å². The number of benzene rings is 3. The third-order valence-electron chi connectivity index (χ3n) is 7.62. The summed E-state index contributed by atoms with van der Waals surface area (Å²) in [4.78, 5) is 29.1. The zero-order chi connectivity index (χ0) is 31.0. The van der Waals surface area contributed by atoms with Gasteiger partial charge in [-0.25, -0.2) is 12.8 Å². The second-order valence-electron chi connectivity index (χ2n) is 10.4. The van der Waals surface area contributed by atoms with Crippen LogP contribution < -0.4 is 19.1 Å². The largest absolute Gasteiger partial charge is 0.493 e. The van der Waals surface area contributed by atoms with E-state index in [2.05, 4.69) is 5.32 Å². The Kier molecular flexibility index (Phi) is 10.6. The van der Waals surface area contributed by atoms with E-state index in [4.69, 9.17) is 9.47 Å². The van der Waals surface area contributed by atoms with Gasteiger partial charge >= 0.3 is 0 Å². The molecule has 1 fully saturated rings. The van der Waals surface area contributed by atoms with Crippen LogP contribution in [0.25, 0.3) is 0 Å². The molecule has 0 aromatic heterocycles. The highest BCUT2D eigenvalue weighted by molar-refractivity contribution is 7.92. The van der Waals surface area contributed by atoms with Gasteiger partial charge in [0.2, 0.25) is 11.8 Å². The van der Waals surface area contributed by atoms with Gasteiger partial charge < -0.3 is 19.7 Å². The van der Waals surface area contributed by atoms with Crippen LogP contribution >= 0.6 is 0 Å². The maximum Gasteiger partial charge on any atom is 0.264 e. The minimum atomic E-state index is -4.24. The van der Waals surface area contributed by atoms with Crippen LogP contribution in [0.15, 0.2) is 77.7 Å². The molecule has 11 heteroatoms. The number of carbonyl (C=O) groups is 2. The Morgan fingerprint density at radius 2 is 1.60 bits per heavy atom. The average Bonchev–Trinajstić information content (AvgIpc) is 3.53. The van der Waals surface area contributed by atoms with Crippen LogP contribution in [-0.4, -0.2) is 58.0 Å². The van der Waals surface area contributed by atoms with Crippen LogP contribution in [0.4, 0.5) is 10.1 Å². The van der Waals surface area contributed by atoms with Gasteiger partial charge in [-0.2, -0.15) is 0 Å². The maximum absolute atomic E-state index is 14.2. The van der Waals surface area contributed by atoms with Crippen molar-refractivity contribution in [3.05, 3.63) is 84.2 Å². The van der Waals surface area contributed by atoms with Crippen molar-refractivity contribution < 1.29 is 31.9 Å². The predicted molar refractivity (Wildman–Crippen MR) is 162 cm³/mol. The molecular formula is C32H38FN3O6S. The van der Waals surface area contributed by atoms with E-state index in [1.165, 1.54) is 55.5 Å². The normalized spacial score (nSPS) is 14.1. The molecule has 1 unspecified atom stereocenters. The summed E-state index contributed by atoms with van der Waals surface area (Å²) in [6.45, 7) is 1.19. The molecule has 1 N–H and O–H groups in total. The molecule has 43 heavy (non-hydrogen) atoms. The summed E-state index contributed by atoms with van der Waals surface area (Å²) in [6, 6.07) is 17.2. The Labute approximate surface area is 252 Å². The SMILES string of the molecule is CCC(C(=O)NC1CCCC1)N(Cc1ccc(F)cc1)C(=O)CN(c1ccc(OC)c(OC)c1)S(=O)(=O)c1ccccc1. The van der Waals surface area contributed by atoms with Gasteiger partial charge in [0, 0.05) is 18.7 Å². The summed E-state index contributed by atoms with van der Waals surface area (Å²) in [5, 5.41) is 3.07. The van der Waals surface area contributed by atoms with E-state index >= 15 is 0 Å². The molecule has 0 heterocycles. The summed E-state index contributed by atoms with van der Waals surface area (Å²) in [5.74, 6) is -0.643. The zero-order valence-electron chi connectivity index (χ0n) is 24.7. The van der Waals surface area contributed by atoms with Gasteiger partial charge in [-0.3, -0.25) is 13.9 Å². The van der Waals surface area contributed by atoms with Gasteiger partial charge in [-0.15, -0.1) is 0 Å². The monoisotopic (exact) mass is 611 g/mol. The first-order valence-electron chi connectivity index (χ1n) is 14.3. The molecule has 0 radical (unpaired) electrons. The molecule has 1 saturated carbocycles. The fourth-order valence-electron chi connectivity index (χ4n) is 5.30. The standard InChI is InChI=1S/C32H38FN3O6S/c1-4-28(32(38)34-25-10-8-9-11-25)35(21-23-14-16-24(33)17-15-23)31(37)22-36(43(39,40)27-12-6-5-7-13-27)26-18-19-29(41-2)30(20-26)42-3/h5-7,12-20,25,28H,4,8-11,21-22H2,1-3H3,(H,34,38). The zero-order valence-corrected chi connectivity index (χ0v) is 25.5. The van der Waals surface area contributed by atoms with Gasteiger partial charge in [0.1, 0.15) is 18.4 Å². The number of anilines is 1. The Balaban J connectivity index is 1.74. The molecule has 230 valence electrons. The number of methoxy groups -OCH3 is 2. The number of hydrogen-bond donors (Lipinski definition) is 1. The van der Waals surface area contributed by atoms with Crippen molar-refractivity contribution in [3.8, 4) is 11.5 Å². The van der Waals surface area contributed by atoms with Crippen molar-refractivity contribution >= 4 is 27.5 Å². The van der Waals surface area contributed by atoms with Crippen molar-refractivity contribution in [1.82, 2.24) is 10.2 Å². The minimum absolute atomic E-state index is 0.00584. The Bertz CT molecular complexity index is 1500. The number of ether oxygens (including phenoxy) is 2.